The van der Waals surface area contributed by atoms with Crippen molar-refractivity contribution in [2.24, 2.45) is 5.73 Å². The van der Waals surface area contributed by atoms with Crippen LogP contribution in [0.1, 0.15) is 35.7 Å². The number of fused-ring (bicyclic) bond motifs is 1. The van der Waals surface area contributed by atoms with Crippen molar-refractivity contribution < 1.29 is 14.3 Å². The van der Waals surface area contributed by atoms with Crippen molar-refractivity contribution in [1.29, 1.82) is 0 Å². The molecule has 3 aromatic rings. The van der Waals surface area contributed by atoms with Gasteiger partial charge in [-0.2, -0.15) is 0 Å². The van der Waals surface area contributed by atoms with E-state index in [1.807, 2.05) is 66.7 Å². The third-order valence-corrected chi connectivity index (χ3v) is 5.20. The van der Waals surface area contributed by atoms with Gasteiger partial charge in [0, 0.05) is 16.7 Å². The van der Waals surface area contributed by atoms with Crippen molar-refractivity contribution in [3.8, 4) is 33.8 Å². The molecular formula is C26H25NO3. The summed E-state index contributed by atoms with van der Waals surface area (Å²) < 4.78 is 11.7. The molecule has 0 unspecified atom stereocenters. The Labute approximate surface area is 176 Å². The number of benzene rings is 3. The molecule has 3 aromatic carbocycles. The van der Waals surface area contributed by atoms with Crippen molar-refractivity contribution in [3.63, 3.8) is 0 Å². The first-order valence-corrected chi connectivity index (χ1v) is 10.3. The van der Waals surface area contributed by atoms with Gasteiger partial charge in [0.1, 0.15) is 18.1 Å². The Morgan fingerprint density at radius 1 is 1.03 bits per heavy atom. The molecule has 4 heteroatoms. The predicted molar refractivity (Wildman–Crippen MR) is 121 cm³/mol. The SMILES string of the molecule is CCCCOc1ccc(-c2ccc(C(N)=O)c(-c3cccc4c3OCC=C4)c2)cc1. The van der Waals surface area contributed by atoms with Gasteiger partial charge in [0.2, 0.25) is 5.91 Å². The molecule has 0 saturated heterocycles. The van der Waals surface area contributed by atoms with E-state index in [1.54, 1.807) is 6.07 Å². The van der Waals surface area contributed by atoms with Crippen molar-refractivity contribution in [1.82, 2.24) is 0 Å². The van der Waals surface area contributed by atoms with E-state index in [2.05, 4.69) is 6.92 Å². The lowest BCUT2D eigenvalue weighted by molar-refractivity contribution is 0.100. The minimum absolute atomic E-state index is 0.458. The van der Waals surface area contributed by atoms with Gasteiger partial charge in [0.15, 0.2) is 0 Å². The largest absolute Gasteiger partial charge is 0.494 e. The van der Waals surface area contributed by atoms with Crippen molar-refractivity contribution in [2.45, 2.75) is 19.8 Å². The third-order valence-electron chi connectivity index (χ3n) is 5.20. The molecule has 0 radical (unpaired) electrons. The number of amides is 1. The molecule has 1 aliphatic rings. The number of rotatable bonds is 7. The molecule has 0 bridgehead atoms. The van der Waals surface area contributed by atoms with Crippen molar-refractivity contribution >= 4 is 12.0 Å². The molecule has 0 aromatic heterocycles. The molecule has 0 atom stereocenters. The zero-order chi connectivity index (χ0) is 20.9. The summed E-state index contributed by atoms with van der Waals surface area (Å²) in [6, 6.07) is 19.7. The molecule has 0 saturated carbocycles. The predicted octanol–water partition coefficient (Wildman–Crippen LogP) is 5.70. The lowest BCUT2D eigenvalue weighted by atomic mass is 9.92. The number of hydrogen-bond acceptors (Lipinski definition) is 3. The highest BCUT2D eigenvalue weighted by Crippen LogP contribution is 2.39. The van der Waals surface area contributed by atoms with Crippen LogP contribution in [0, 0.1) is 0 Å². The van der Waals surface area contributed by atoms with Gasteiger partial charge in [-0.05, 0) is 53.5 Å². The topological polar surface area (TPSA) is 61.5 Å². The summed E-state index contributed by atoms with van der Waals surface area (Å²) in [6.45, 7) is 3.38. The van der Waals surface area contributed by atoms with E-state index in [0.29, 0.717) is 12.2 Å². The number of nitrogens with two attached hydrogens (primary N) is 1. The van der Waals surface area contributed by atoms with Gasteiger partial charge < -0.3 is 15.2 Å². The van der Waals surface area contributed by atoms with Crippen LogP contribution in [0.15, 0.2) is 66.7 Å². The average molecular weight is 399 g/mol. The monoisotopic (exact) mass is 399 g/mol. The maximum Gasteiger partial charge on any atom is 0.249 e. The summed E-state index contributed by atoms with van der Waals surface area (Å²) >= 11 is 0. The second-order valence-electron chi connectivity index (χ2n) is 7.29. The zero-order valence-corrected chi connectivity index (χ0v) is 17.1. The molecule has 0 aliphatic carbocycles. The number of unbranched alkanes of at least 4 members (excludes halogenated alkanes) is 1. The minimum atomic E-state index is -0.458. The van der Waals surface area contributed by atoms with Gasteiger partial charge in [0.25, 0.3) is 0 Å². The van der Waals surface area contributed by atoms with Crippen molar-refractivity contribution in [3.05, 3.63) is 77.9 Å². The second-order valence-corrected chi connectivity index (χ2v) is 7.29. The van der Waals surface area contributed by atoms with Crippen LogP contribution in [0.3, 0.4) is 0 Å². The maximum atomic E-state index is 12.1. The van der Waals surface area contributed by atoms with Gasteiger partial charge in [-0.25, -0.2) is 0 Å². The van der Waals surface area contributed by atoms with Crippen LogP contribution in [0.25, 0.3) is 28.3 Å². The fourth-order valence-electron chi connectivity index (χ4n) is 3.61. The van der Waals surface area contributed by atoms with Crippen LogP contribution in [0.2, 0.25) is 0 Å². The van der Waals surface area contributed by atoms with Crippen LogP contribution in [0.5, 0.6) is 11.5 Å². The summed E-state index contributed by atoms with van der Waals surface area (Å²) in [5, 5.41) is 0. The molecular weight excluding hydrogens is 374 g/mol. The summed E-state index contributed by atoms with van der Waals surface area (Å²) in [5.74, 6) is 1.18. The van der Waals surface area contributed by atoms with E-state index in [0.717, 1.165) is 58.8 Å². The van der Waals surface area contributed by atoms with E-state index in [9.17, 15) is 4.79 Å². The molecule has 30 heavy (non-hydrogen) atoms. The Hall–Kier alpha value is -3.53. The van der Waals surface area contributed by atoms with Crippen LogP contribution >= 0.6 is 0 Å². The first kappa shape index (κ1) is 19.8. The van der Waals surface area contributed by atoms with E-state index >= 15 is 0 Å². The van der Waals surface area contributed by atoms with Gasteiger partial charge in [-0.1, -0.05) is 55.8 Å². The highest BCUT2D eigenvalue weighted by Gasteiger charge is 2.18. The van der Waals surface area contributed by atoms with Gasteiger partial charge in [0.05, 0.1) is 6.61 Å². The number of carbonyl (C=O) groups is 1. The van der Waals surface area contributed by atoms with Gasteiger partial charge >= 0.3 is 0 Å². The summed E-state index contributed by atoms with van der Waals surface area (Å²) in [6.07, 6.45) is 6.16. The fraction of sp³-hybridized carbons (Fsp3) is 0.192. The molecule has 1 amide bonds. The number of para-hydroxylation sites is 1. The molecule has 4 rings (SSSR count). The van der Waals surface area contributed by atoms with Gasteiger partial charge in [-0.3, -0.25) is 4.79 Å². The molecule has 152 valence electrons. The first-order chi connectivity index (χ1) is 14.7. The molecule has 0 spiro atoms. The molecule has 0 fully saturated rings. The lowest BCUT2D eigenvalue weighted by Crippen LogP contribution is -2.13. The average Bonchev–Trinajstić information content (AvgIpc) is 2.79. The summed E-state index contributed by atoms with van der Waals surface area (Å²) in [4.78, 5) is 12.1. The number of carbonyl (C=O) groups excluding carboxylic acids is 1. The molecule has 2 N–H and O–H groups in total. The quantitative estimate of drug-likeness (QED) is 0.518. The number of primary amides is 1. The lowest BCUT2D eigenvalue weighted by Gasteiger charge is -2.18. The Bertz CT molecular complexity index is 1080. The Balaban J connectivity index is 1.73. The highest BCUT2D eigenvalue weighted by molar-refractivity contribution is 6.02. The Morgan fingerprint density at radius 3 is 2.60 bits per heavy atom. The summed E-state index contributed by atoms with van der Waals surface area (Å²) in [5.41, 5.74) is 10.8. The minimum Gasteiger partial charge on any atom is -0.494 e. The maximum absolute atomic E-state index is 12.1. The Morgan fingerprint density at radius 2 is 1.83 bits per heavy atom. The second kappa shape index (κ2) is 8.87. The van der Waals surface area contributed by atoms with E-state index in [1.165, 1.54) is 0 Å². The standard InChI is InChI=1S/C26H25NO3/c1-2-3-15-29-21-12-9-18(10-13-21)20-11-14-23(26(27)28)24(17-20)22-8-4-6-19-7-5-16-30-25(19)22/h4-14,17H,2-3,15-16H2,1H3,(H2,27,28). The van der Waals surface area contributed by atoms with Crippen LogP contribution in [-0.2, 0) is 0 Å². The smallest absolute Gasteiger partial charge is 0.249 e. The van der Waals surface area contributed by atoms with Crippen LogP contribution < -0.4 is 15.2 Å². The summed E-state index contributed by atoms with van der Waals surface area (Å²) in [7, 11) is 0. The van der Waals surface area contributed by atoms with Crippen LogP contribution in [-0.4, -0.2) is 19.1 Å². The van der Waals surface area contributed by atoms with Gasteiger partial charge in [-0.15, -0.1) is 0 Å². The van der Waals surface area contributed by atoms with Crippen molar-refractivity contribution in [2.75, 3.05) is 13.2 Å². The first-order valence-electron chi connectivity index (χ1n) is 10.3. The number of hydrogen-bond donors (Lipinski definition) is 1. The molecule has 1 aliphatic heterocycles. The van der Waals surface area contributed by atoms with Crippen LogP contribution in [0.4, 0.5) is 0 Å². The highest BCUT2D eigenvalue weighted by atomic mass is 16.5. The normalized spacial score (nSPS) is 12.2. The zero-order valence-electron chi connectivity index (χ0n) is 17.1. The molecule has 4 nitrogen and oxygen atoms in total. The Kier molecular flexibility index (Phi) is 5.84. The van der Waals surface area contributed by atoms with E-state index in [-0.39, 0.29) is 0 Å². The molecule has 1 heterocycles. The third kappa shape index (κ3) is 4.08. The van der Waals surface area contributed by atoms with E-state index < -0.39 is 5.91 Å². The van der Waals surface area contributed by atoms with E-state index in [4.69, 9.17) is 15.2 Å². The fourth-order valence-corrected chi connectivity index (χ4v) is 3.61. The number of ether oxygens (including phenoxy) is 2.